The Hall–Kier alpha value is -0.870. The molecule has 4 heteroatoms. The maximum atomic E-state index is 12.9. The lowest BCUT2D eigenvalue weighted by Crippen LogP contribution is -2.46. The van der Waals surface area contributed by atoms with Crippen LogP contribution in [0.4, 0.5) is 0 Å². The maximum absolute atomic E-state index is 12.9. The predicted octanol–water partition coefficient (Wildman–Crippen LogP) is 3.46. The molecule has 21 heavy (non-hydrogen) atoms. The zero-order chi connectivity index (χ0) is 14.8. The largest absolute Gasteiger partial charge is 0.335 e. The first-order valence-corrected chi connectivity index (χ1v) is 8.75. The molecule has 2 atom stereocenters. The van der Waals surface area contributed by atoms with Gasteiger partial charge in [-0.1, -0.05) is 47.0 Å². The molecule has 2 aliphatic carbocycles. The Morgan fingerprint density at radius 2 is 1.90 bits per heavy atom. The minimum absolute atomic E-state index is 0.0295. The van der Waals surface area contributed by atoms with Crippen molar-refractivity contribution in [2.75, 3.05) is 0 Å². The number of carbonyl (C=O) groups excluding carboxylic acids is 1. The van der Waals surface area contributed by atoms with Crippen LogP contribution in [-0.2, 0) is 11.3 Å². The molecule has 0 spiro atoms. The second-order valence-electron chi connectivity index (χ2n) is 6.34. The Morgan fingerprint density at radius 3 is 2.57 bits per heavy atom. The summed E-state index contributed by atoms with van der Waals surface area (Å²) in [4.78, 5) is 15.0. The average Bonchev–Trinajstić information content (AvgIpc) is 3.31. The molecule has 0 saturated heterocycles. The fourth-order valence-electron chi connectivity index (χ4n) is 3.26. The van der Waals surface area contributed by atoms with Crippen LogP contribution in [0.5, 0.6) is 0 Å². The van der Waals surface area contributed by atoms with E-state index in [4.69, 9.17) is 5.73 Å². The average molecular weight is 351 g/mol. The molecule has 2 unspecified atom stereocenters. The number of amides is 1. The second-order valence-corrected chi connectivity index (χ2v) is 7.20. The van der Waals surface area contributed by atoms with Gasteiger partial charge in [-0.3, -0.25) is 4.79 Å². The number of hydrogen-bond donors (Lipinski definition) is 1. The predicted molar refractivity (Wildman–Crippen MR) is 87.6 cm³/mol. The molecule has 2 fully saturated rings. The summed E-state index contributed by atoms with van der Waals surface area (Å²) < 4.78 is 1.08. The molecule has 2 aliphatic rings. The van der Waals surface area contributed by atoms with Crippen LogP contribution in [0.3, 0.4) is 0 Å². The highest BCUT2D eigenvalue weighted by Crippen LogP contribution is 2.34. The van der Waals surface area contributed by atoms with Crippen LogP contribution in [0, 0.1) is 5.92 Å². The van der Waals surface area contributed by atoms with E-state index >= 15 is 0 Å². The summed E-state index contributed by atoms with van der Waals surface area (Å²) in [5.74, 6) is 0.308. The van der Waals surface area contributed by atoms with E-state index in [1.54, 1.807) is 0 Å². The molecule has 0 heterocycles. The van der Waals surface area contributed by atoms with Crippen LogP contribution in [0.2, 0.25) is 0 Å². The highest BCUT2D eigenvalue weighted by molar-refractivity contribution is 9.10. The van der Waals surface area contributed by atoms with E-state index in [1.165, 1.54) is 12.0 Å². The smallest absolute Gasteiger partial charge is 0.227 e. The fraction of sp³-hybridized carbons (Fsp3) is 0.588. The monoisotopic (exact) mass is 350 g/mol. The van der Waals surface area contributed by atoms with E-state index in [9.17, 15) is 4.79 Å². The summed E-state index contributed by atoms with van der Waals surface area (Å²) in [7, 11) is 0. The highest BCUT2D eigenvalue weighted by atomic mass is 79.9. The van der Waals surface area contributed by atoms with Gasteiger partial charge in [0.15, 0.2) is 0 Å². The van der Waals surface area contributed by atoms with E-state index in [0.717, 1.165) is 36.6 Å². The highest BCUT2D eigenvalue weighted by Gasteiger charge is 2.38. The normalized spacial score (nSPS) is 25.6. The first kappa shape index (κ1) is 15.0. The van der Waals surface area contributed by atoms with Crippen molar-refractivity contribution < 1.29 is 4.79 Å². The number of nitrogens with zero attached hydrogens (tertiary/aromatic N) is 1. The standard InChI is InChI=1S/C17H23BrN2O/c18-15-7-3-1-5-12(15)11-20(13-9-10-13)17(21)14-6-2-4-8-16(14)19/h1,3,5,7,13-14,16H,2,4,6,8-11,19H2. The summed E-state index contributed by atoms with van der Waals surface area (Å²) in [6.45, 7) is 0.703. The summed E-state index contributed by atoms with van der Waals surface area (Å²) in [5, 5.41) is 0. The molecule has 114 valence electrons. The summed E-state index contributed by atoms with van der Waals surface area (Å²) in [6, 6.07) is 8.64. The number of hydrogen-bond acceptors (Lipinski definition) is 2. The van der Waals surface area contributed by atoms with E-state index in [1.807, 2.05) is 18.2 Å². The molecule has 1 aromatic carbocycles. The van der Waals surface area contributed by atoms with Gasteiger partial charge >= 0.3 is 0 Å². The van der Waals surface area contributed by atoms with Crippen LogP contribution in [0.15, 0.2) is 28.7 Å². The number of carbonyl (C=O) groups is 1. The first-order valence-electron chi connectivity index (χ1n) is 7.96. The molecule has 3 rings (SSSR count). The van der Waals surface area contributed by atoms with Gasteiger partial charge in [0.05, 0.1) is 5.92 Å². The minimum Gasteiger partial charge on any atom is -0.335 e. The Labute approximate surface area is 135 Å². The van der Waals surface area contributed by atoms with Gasteiger partial charge in [0.25, 0.3) is 0 Å². The van der Waals surface area contributed by atoms with E-state index in [0.29, 0.717) is 12.6 Å². The van der Waals surface area contributed by atoms with Gasteiger partial charge in [-0.05, 0) is 37.3 Å². The summed E-state index contributed by atoms with van der Waals surface area (Å²) in [6.07, 6.45) is 6.52. The van der Waals surface area contributed by atoms with Gasteiger partial charge in [-0.15, -0.1) is 0 Å². The Balaban J connectivity index is 1.75. The summed E-state index contributed by atoms with van der Waals surface area (Å²) >= 11 is 3.59. The summed E-state index contributed by atoms with van der Waals surface area (Å²) in [5.41, 5.74) is 7.39. The molecule has 2 N–H and O–H groups in total. The zero-order valence-electron chi connectivity index (χ0n) is 12.3. The molecule has 0 radical (unpaired) electrons. The number of benzene rings is 1. The molecule has 3 nitrogen and oxygen atoms in total. The van der Waals surface area contributed by atoms with Crippen LogP contribution in [-0.4, -0.2) is 22.9 Å². The molecule has 2 saturated carbocycles. The van der Waals surface area contributed by atoms with Crippen LogP contribution < -0.4 is 5.73 Å². The third kappa shape index (κ3) is 3.49. The van der Waals surface area contributed by atoms with Crippen LogP contribution in [0.25, 0.3) is 0 Å². The number of halogens is 1. The van der Waals surface area contributed by atoms with Crippen molar-refractivity contribution >= 4 is 21.8 Å². The van der Waals surface area contributed by atoms with Crippen molar-refractivity contribution in [1.29, 1.82) is 0 Å². The van der Waals surface area contributed by atoms with Crippen molar-refractivity contribution in [2.24, 2.45) is 11.7 Å². The molecule has 1 amide bonds. The second kappa shape index (κ2) is 6.49. The number of rotatable bonds is 4. The quantitative estimate of drug-likeness (QED) is 0.903. The maximum Gasteiger partial charge on any atom is 0.227 e. The Bertz CT molecular complexity index is 515. The molecule has 0 bridgehead atoms. The molecule has 0 aromatic heterocycles. The van der Waals surface area contributed by atoms with Gasteiger partial charge < -0.3 is 10.6 Å². The third-order valence-electron chi connectivity index (χ3n) is 4.71. The van der Waals surface area contributed by atoms with Crippen LogP contribution >= 0.6 is 15.9 Å². The van der Waals surface area contributed by atoms with Gasteiger partial charge in [0.2, 0.25) is 5.91 Å². The zero-order valence-corrected chi connectivity index (χ0v) is 13.9. The van der Waals surface area contributed by atoms with E-state index in [-0.39, 0.29) is 17.9 Å². The first-order chi connectivity index (χ1) is 10.2. The lowest BCUT2D eigenvalue weighted by Gasteiger charge is -2.33. The Morgan fingerprint density at radius 1 is 1.19 bits per heavy atom. The van der Waals surface area contributed by atoms with Crippen molar-refractivity contribution in [1.82, 2.24) is 4.90 Å². The van der Waals surface area contributed by atoms with Crippen molar-refractivity contribution in [3.8, 4) is 0 Å². The van der Waals surface area contributed by atoms with Gasteiger partial charge in [0, 0.05) is 23.1 Å². The van der Waals surface area contributed by atoms with Crippen LogP contribution in [0.1, 0.15) is 44.1 Å². The SMILES string of the molecule is NC1CCCCC1C(=O)N(Cc1ccccc1Br)C1CC1. The van der Waals surface area contributed by atoms with Crippen molar-refractivity contribution in [3.63, 3.8) is 0 Å². The number of nitrogens with two attached hydrogens (primary N) is 1. The molecule has 1 aromatic rings. The molecular formula is C17H23BrN2O. The third-order valence-corrected chi connectivity index (χ3v) is 5.48. The Kier molecular flexibility index (Phi) is 4.65. The molecular weight excluding hydrogens is 328 g/mol. The van der Waals surface area contributed by atoms with E-state index in [2.05, 4.69) is 26.9 Å². The van der Waals surface area contributed by atoms with Crippen molar-refractivity contribution in [2.45, 2.75) is 57.2 Å². The van der Waals surface area contributed by atoms with E-state index < -0.39 is 0 Å². The topological polar surface area (TPSA) is 46.3 Å². The molecule has 0 aliphatic heterocycles. The lowest BCUT2D eigenvalue weighted by molar-refractivity contribution is -0.138. The van der Waals surface area contributed by atoms with Gasteiger partial charge in [-0.2, -0.15) is 0 Å². The van der Waals surface area contributed by atoms with Crippen molar-refractivity contribution in [3.05, 3.63) is 34.3 Å². The lowest BCUT2D eigenvalue weighted by atomic mass is 9.84. The van der Waals surface area contributed by atoms with Gasteiger partial charge in [0.1, 0.15) is 0 Å². The minimum atomic E-state index is 0.0295. The fourth-order valence-corrected chi connectivity index (χ4v) is 3.67. The van der Waals surface area contributed by atoms with Gasteiger partial charge in [-0.25, -0.2) is 0 Å².